The Hall–Kier alpha value is -2.12. The molecule has 0 atom stereocenters. The van der Waals surface area contributed by atoms with E-state index in [4.69, 9.17) is 11.6 Å². The number of aryl methyl sites for hydroxylation is 1. The Morgan fingerprint density at radius 3 is 2.58 bits per heavy atom. The van der Waals surface area contributed by atoms with Crippen LogP contribution in [0.3, 0.4) is 0 Å². The topological polar surface area (TPSA) is 66.5 Å². The van der Waals surface area contributed by atoms with Crippen LogP contribution in [0.5, 0.6) is 0 Å². The second kappa shape index (κ2) is 8.51. The number of hydrogen-bond acceptors (Lipinski definition) is 3. The van der Waals surface area contributed by atoms with Gasteiger partial charge in [0, 0.05) is 11.6 Å². The van der Waals surface area contributed by atoms with Crippen molar-refractivity contribution < 1.29 is 17.6 Å². The highest BCUT2D eigenvalue weighted by atomic mass is 35.5. The maximum Gasteiger partial charge on any atom is 0.240 e. The smallest absolute Gasteiger partial charge is 0.240 e. The fourth-order valence-electron chi connectivity index (χ4n) is 2.46. The Balaban J connectivity index is 2.06. The first-order chi connectivity index (χ1) is 12.2. The van der Waals surface area contributed by atoms with Crippen LogP contribution in [0.1, 0.15) is 11.1 Å². The number of rotatable bonds is 7. The number of nitrogens with zero attached hydrogens (tertiary/aromatic N) is 1. The summed E-state index contributed by atoms with van der Waals surface area (Å²) in [6.07, 6.45) is 1.34. The molecule has 0 aliphatic rings. The standard InChI is InChI=1S/C18H20ClFN2O3S/c1-13-7-8-15(19)11-17(13)22(26(2,24)25)12-18(23)21-10-9-14-5-3-4-6-16(14)20/h3-8,11H,9-10,12H2,1-2H3,(H,21,23). The Labute approximate surface area is 157 Å². The fourth-order valence-corrected chi connectivity index (χ4v) is 3.53. The van der Waals surface area contributed by atoms with Crippen molar-refractivity contribution in [2.24, 2.45) is 0 Å². The summed E-state index contributed by atoms with van der Waals surface area (Å²) >= 11 is 5.96. The minimum atomic E-state index is -3.68. The van der Waals surface area contributed by atoms with Crippen molar-refractivity contribution >= 4 is 33.2 Å². The molecular weight excluding hydrogens is 379 g/mol. The van der Waals surface area contributed by atoms with Gasteiger partial charge in [0.2, 0.25) is 15.9 Å². The van der Waals surface area contributed by atoms with Crippen LogP contribution in [0.15, 0.2) is 42.5 Å². The van der Waals surface area contributed by atoms with E-state index in [0.717, 1.165) is 10.6 Å². The minimum Gasteiger partial charge on any atom is -0.354 e. The molecule has 0 heterocycles. The quantitative estimate of drug-likeness (QED) is 0.779. The molecule has 0 fully saturated rings. The summed E-state index contributed by atoms with van der Waals surface area (Å²) in [5, 5.41) is 2.99. The lowest BCUT2D eigenvalue weighted by Gasteiger charge is -2.23. The van der Waals surface area contributed by atoms with Crippen molar-refractivity contribution in [3.63, 3.8) is 0 Å². The summed E-state index contributed by atoms with van der Waals surface area (Å²) in [7, 11) is -3.68. The SMILES string of the molecule is Cc1ccc(Cl)cc1N(CC(=O)NCCc1ccccc1F)S(C)(=O)=O. The number of benzene rings is 2. The van der Waals surface area contributed by atoms with Crippen LogP contribution in [0.2, 0.25) is 5.02 Å². The zero-order valence-electron chi connectivity index (χ0n) is 14.5. The maximum absolute atomic E-state index is 13.6. The van der Waals surface area contributed by atoms with E-state index in [9.17, 15) is 17.6 Å². The third-order valence-corrected chi connectivity index (χ3v) is 5.16. The van der Waals surface area contributed by atoms with Gasteiger partial charge in [0.25, 0.3) is 0 Å². The molecular formula is C18H20ClFN2O3S. The van der Waals surface area contributed by atoms with Crippen LogP contribution >= 0.6 is 11.6 Å². The highest BCUT2D eigenvalue weighted by molar-refractivity contribution is 7.92. The molecule has 2 aromatic rings. The molecule has 0 unspecified atom stereocenters. The predicted molar refractivity (Wildman–Crippen MR) is 101 cm³/mol. The van der Waals surface area contributed by atoms with E-state index in [1.165, 1.54) is 12.1 Å². The number of amides is 1. The van der Waals surface area contributed by atoms with Gasteiger partial charge in [0.1, 0.15) is 12.4 Å². The molecule has 0 saturated carbocycles. The lowest BCUT2D eigenvalue weighted by molar-refractivity contribution is -0.119. The van der Waals surface area contributed by atoms with Crippen molar-refractivity contribution in [2.75, 3.05) is 23.7 Å². The average molecular weight is 399 g/mol. The fraction of sp³-hybridized carbons (Fsp3) is 0.278. The van der Waals surface area contributed by atoms with Gasteiger partial charge in [-0.15, -0.1) is 0 Å². The van der Waals surface area contributed by atoms with E-state index < -0.39 is 15.9 Å². The second-order valence-electron chi connectivity index (χ2n) is 5.89. The second-order valence-corrected chi connectivity index (χ2v) is 8.24. The predicted octanol–water partition coefficient (Wildman–Crippen LogP) is 2.91. The van der Waals surface area contributed by atoms with Crippen LogP contribution in [0, 0.1) is 12.7 Å². The Morgan fingerprint density at radius 2 is 1.92 bits per heavy atom. The Kier molecular flexibility index (Phi) is 6.61. The third kappa shape index (κ3) is 5.44. The maximum atomic E-state index is 13.6. The largest absolute Gasteiger partial charge is 0.354 e. The van der Waals surface area contributed by atoms with E-state index in [2.05, 4.69) is 5.32 Å². The molecule has 2 aromatic carbocycles. The van der Waals surface area contributed by atoms with E-state index in [1.807, 2.05) is 0 Å². The minimum absolute atomic E-state index is 0.200. The normalized spacial score (nSPS) is 11.2. The molecule has 1 N–H and O–H groups in total. The van der Waals surface area contributed by atoms with Gasteiger partial charge in [-0.05, 0) is 42.7 Å². The summed E-state index contributed by atoms with van der Waals surface area (Å²) < 4.78 is 38.8. The molecule has 0 aliphatic carbocycles. The third-order valence-electron chi connectivity index (χ3n) is 3.80. The molecule has 0 aromatic heterocycles. The molecule has 1 amide bonds. The molecule has 8 heteroatoms. The monoisotopic (exact) mass is 398 g/mol. The summed E-state index contributed by atoms with van der Waals surface area (Å²) in [5.74, 6) is -0.819. The van der Waals surface area contributed by atoms with Crippen molar-refractivity contribution in [3.8, 4) is 0 Å². The van der Waals surface area contributed by atoms with Crippen LogP contribution in [-0.2, 0) is 21.2 Å². The van der Waals surface area contributed by atoms with Crippen molar-refractivity contribution in [2.45, 2.75) is 13.3 Å². The molecule has 0 radical (unpaired) electrons. The lowest BCUT2D eigenvalue weighted by atomic mass is 10.1. The van der Waals surface area contributed by atoms with Gasteiger partial charge in [-0.2, -0.15) is 0 Å². The van der Waals surface area contributed by atoms with Gasteiger partial charge < -0.3 is 5.32 Å². The molecule has 0 aliphatic heterocycles. The van der Waals surface area contributed by atoms with E-state index >= 15 is 0 Å². The van der Waals surface area contributed by atoms with Gasteiger partial charge >= 0.3 is 0 Å². The van der Waals surface area contributed by atoms with Crippen molar-refractivity contribution in [1.82, 2.24) is 5.32 Å². The highest BCUT2D eigenvalue weighted by Crippen LogP contribution is 2.26. The molecule has 2 rings (SSSR count). The van der Waals surface area contributed by atoms with Crippen LogP contribution < -0.4 is 9.62 Å². The molecule has 0 bridgehead atoms. The van der Waals surface area contributed by atoms with Crippen LogP contribution in [-0.4, -0.2) is 33.7 Å². The molecule has 0 spiro atoms. The van der Waals surface area contributed by atoms with Gasteiger partial charge in [0.05, 0.1) is 11.9 Å². The number of hydrogen-bond donors (Lipinski definition) is 1. The average Bonchev–Trinajstić information content (AvgIpc) is 2.56. The Bertz CT molecular complexity index is 903. The first-order valence-corrected chi connectivity index (χ1v) is 10.1. The lowest BCUT2D eigenvalue weighted by Crippen LogP contribution is -2.41. The zero-order valence-corrected chi connectivity index (χ0v) is 16.1. The van der Waals surface area contributed by atoms with Crippen molar-refractivity contribution in [3.05, 3.63) is 64.4 Å². The van der Waals surface area contributed by atoms with E-state index in [1.54, 1.807) is 37.3 Å². The van der Waals surface area contributed by atoms with Crippen molar-refractivity contribution in [1.29, 1.82) is 0 Å². The van der Waals surface area contributed by atoms with Crippen LogP contribution in [0.4, 0.5) is 10.1 Å². The first kappa shape index (κ1) is 20.2. The van der Waals surface area contributed by atoms with Gasteiger partial charge in [-0.3, -0.25) is 9.10 Å². The number of nitrogens with one attached hydrogen (secondary N) is 1. The summed E-state index contributed by atoms with van der Waals surface area (Å²) in [5.41, 5.74) is 1.52. The number of halogens is 2. The highest BCUT2D eigenvalue weighted by Gasteiger charge is 2.22. The summed E-state index contributed by atoms with van der Waals surface area (Å²) in [4.78, 5) is 12.2. The van der Waals surface area contributed by atoms with Gasteiger partial charge in [-0.25, -0.2) is 12.8 Å². The number of carbonyl (C=O) groups excluding carboxylic acids is 1. The molecule has 26 heavy (non-hydrogen) atoms. The molecule has 140 valence electrons. The number of sulfonamides is 1. The Morgan fingerprint density at radius 1 is 1.23 bits per heavy atom. The summed E-state index contributed by atoms with van der Waals surface area (Å²) in [6.45, 7) is 1.56. The first-order valence-electron chi connectivity index (χ1n) is 7.92. The number of carbonyl (C=O) groups is 1. The molecule has 5 nitrogen and oxygen atoms in total. The number of anilines is 1. The van der Waals surface area contributed by atoms with Gasteiger partial charge in [0.15, 0.2) is 0 Å². The van der Waals surface area contributed by atoms with Gasteiger partial charge in [-0.1, -0.05) is 35.9 Å². The van der Waals surface area contributed by atoms with E-state index in [0.29, 0.717) is 28.3 Å². The van der Waals surface area contributed by atoms with Crippen LogP contribution in [0.25, 0.3) is 0 Å². The summed E-state index contributed by atoms with van der Waals surface area (Å²) in [6, 6.07) is 11.1. The molecule has 0 saturated heterocycles. The zero-order chi connectivity index (χ0) is 19.3. The van der Waals surface area contributed by atoms with E-state index in [-0.39, 0.29) is 18.9 Å².